The van der Waals surface area contributed by atoms with Gasteiger partial charge in [0, 0.05) is 35.2 Å². The number of aromatic nitrogens is 2. The standard InChI is InChI=1S/C19H20N4O2/c1-13-9-17(10-14(2)22-13)25-8-6-19(24)23-21-12-15-3-4-16-5-7-20-18(16)11-15/h3-5,7,9-12,20H,6,8H2,1-2H3,(H,23,24)/b21-12+. The van der Waals surface area contributed by atoms with Crippen molar-refractivity contribution in [1.82, 2.24) is 15.4 Å². The Kier molecular flexibility index (Phi) is 5.09. The Bertz CT molecular complexity index is 894. The van der Waals surface area contributed by atoms with Gasteiger partial charge in [-0.15, -0.1) is 0 Å². The van der Waals surface area contributed by atoms with Crippen molar-refractivity contribution in [2.24, 2.45) is 5.10 Å². The third kappa shape index (κ3) is 4.67. The highest BCUT2D eigenvalue weighted by Crippen LogP contribution is 2.14. The van der Waals surface area contributed by atoms with Crippen LogP contribution in [0.25, 0.3) is 10.9 Å². The number of carbonyl (C=O) groups excluding carboxylic acids is 1. The van der Waals surface area contributed by atoms with E-state index in [4.69, 9.17) is 4.74 Å². The molecule has 128 valence electrons. The normalized spacial score (nSPS) is 11.1. The third-order valence-electron chi connectivity index (χ3n) is 3.63. The number of aryl methyl sites for hydroxylation is 2. The van der Waals surface area contributed by atoms with Gasteiger partial charge in [0.05, 0.1) is 19.2 Å². The largest absolute Gasteiger partial charge is 0.493 e. The molecule has 0 aliphatic heterocycles. The number of H-pyrrole nitrogens is 1. The molecule has 3 aromatic rings. The number of pyridine rings is 1. The first-order valence-electron chi connectivity index (χ1n) is 8.07. The topological polar surface area (TPSA) is 79.4 Å². The van der Waals surface area contributed by atoms with E-state index in [1.54, 1.807) is 6.21 Å². The van der Waals surface area contributed by atoms with E-state index in [-0.39, 0.29) is 12.3 Å². The van der Waals surface area contributed by atoms with Gasteiger partial charge < -0.3 is 9.72 Å². The lowest BCUT2D eigenvalue weighted by Gasteiger charge is -2.07. The first kappa shape index (κ1) is 16.7. The van der Waals surface area contributed by atoms with E-state index >= 15 is 0 Å². The number of hydrogen-bond donors (Lipinski definition) is 2. The van der Waals surface area contributed by atoms with Gasteiger partial charge in [0.25, 0.3) is 0 Å². The third-order valence-corrected chi connectivity index (χ3v) is 3.63. The average molecular weight is 336 g/mol. The molecule has 0 bridgehead atoms. The van der Waals surface area contributed by atoms with Crippen LogP contribution in [0.15, 0.2) is 47.7 Å². The zero-order chi connectivity index (χ0) is 17.6. The van der Waals surface area contributed by atoms with Crippen molar-refractivity contribution in [2.45, 2.75) is 20.3 Å². The summed E-state index contributed by atoms with van der Waals surface area (Å²) in [6.07, 6.45) is 3.74. The SMILES string of the molecule is Cc1cc(OCCC(=O)N/N=C/c2ccc3cc[nH]c3c2)cc(C)n1. The molecule has 2 N–H and O–H groups in total. The van der Waals surface area contributed by atoms with Gasteiger partial charge in [-0.05, 0) is 36.9 Å². The van der Waals surface area contributed by atoms with Crippen LogP contribution in [0, 0.1) is 13.8 Å². The van der Waals surface area contributed by atoms with Gasteiger partial charge in [0.15, 0.2) is 0 Å². The monoisotopic (exact) mass is 336 g/mol. The van der Waals surface area contributed by atoms with Gasteiger partial charge in [0.2, 0.25) is 5.91 Å². The Morgan fingerprint density at radius 3 is 2.84 bits per heavy atom. The van der Waals surface area contributed by atoms with E-state index in [0.717, 1.165) is 33.6 Å². The number of carbonyl (C=O) groups is 1. The molecule has 0 aliphatic rings. The zero-order valence-corrected chi connectivity index (χ0v) is 14.2. The van der Waals surface area contributed by atoms with Gasteiger partial charge in [-0.2, -0.15) is 5.10 Å². The molecule has 2 aromatic heterocycles. The number of hydrazone groups is 1. The number of benzene rings is 1. The fourth-order valence-electron chi connectivity index (χ4n) is 2.52. The number of hydrogen-bond acceptors (Lipinski definition) is 4. The van der Waals surface area contributed by atoms with Crippen molar-refractivity contribution >= 4 is 23.0 Å². The second-order valence-corrected chi connectivity index (χ2v) is 5.80. The van der Waals surface area contributed by atoms with Gasteiger partial charge >= 0.3 is 0 Å². The first-order valence-corrected chi connectivity index (χ1v) is 8.07. The number of nitrogens with one attached hydrogen (secondary N) is 2. The Hall–Kier alpha value is -3.15. The zero-order valence-electron chi connectivity index (χ0n) is 14.2. The van der Waals surface area contributed by atoms with Crippen molar-refractivity contribution in [3.63, 3.8) is 0 Å². The van der Waals surface area contributed by atoms with Crippen LogP contribution in [0.4, 0.5) is 0 Å². The number of nitrogens with zero attached hydrogens (tertiary/aromatic N) is 2. The highest BCUT2D eigenvalue weighted by Gasteiger charge is 2.02. The Morgan fingerprint density at radius 1 is 1.24 bits per heavy atom. The molecule has 0 aliphatic carbocycles. The van der Waals surface area contributed by atoms with Crippen LogP contribution >= 0.6 is 0 Å². The van der Waals surface area contributed by atoms with Crippen LogP contribution in [0.3, 0.4) is 0 Å². The molecule has 0 spiro atoms. The summed E-state index contributed by atoms with van der Waals surface area (Å²) < 4.78 is 5.59. The summed E-state index contributed by atoms with van der Waals surface area (Å²) in [5.74, 6) is 0.528. The summed E-state index contributed by atoms with van der Waals surface area (Å²) in [5.41, 5.74) is 6.24. The lowest BCUT2D eigenvalue weighted by molar-refractivity contribution is -0.121. The molecule has 0 saturated carbocycles. The summed E-state index contributed by atoms with van der Waals surface area (Å²) in [6.45, 7) is 4.11. The number of aromatic amines is 1. The predicted molar refractivity (Wildman–Crippen MR) is 97.9 cm³/mol. The van der Waals surface area contributed by atoms with Gasteiger partial charge in [0.1, 0.15) is 5.75 Å². The molecule has 0 radical (unpaired) electrons. The molecule has 2 heterocycles. The number of fused-ring (bicyclic) bond motifs is 1. The summed E-state index contributed by atoms with van der Waals surface area (Å²) in [4.78, 5) is 19.2. The Labute approximate surface area is 145 Å². The minimum atomic E-state index is -0.195. The van der Waals surface area contributed by atoms with Crippen molar-refractivity contribution in [3.05, 3.63) is 59.5 Å². The van der Waals surface area contributed by atoms with Crippen LogP contribution in [0.2, 0.25) is 0 Å². The fourth-order valence-corrected chi connectivity index (χ4v) is 2.52. The quantitative estimate of drug-likeness (QED) is 0.536. The molecule has 0 unspecified atom stereocenters. The van der Waals surface area contributed by atoms with Gasteiger partial charge in [-0.25, -0.2) is 5.43 Å². The number of amides is 1. The van der Waals surface area contributed by atoms with Crippen molar-refractivity contribution in [1.29, 1.82) is 0 Å². The molecular formula is C19H20N4O2. The molecule has 6 heteroatoms. The van der Waals surface area contributed by atoms with E-state index in [2.05, 4.69) is 20.5 Å². The van der Waals surface area contributed by atoms with E-state index in [1.165, 1.54) is 0 Å². The van der Waals surface area contributed by atoms with Crippen LogP contribution in [-0.4, -0.2) is 28.7 Å². The van der Waals surface area contributed by atoms with Crippen LogP contribution in [-0.2, 0) is 4.79 Å². The smallest absolute Gasteiger partial charge is 0.243 e. The maximum atomic E-state index is 11.8. The molecule has 0 saturated heterocycles. The second-order valence-electron chi connectivity index (χ2n) is 5.80. The predicted octanol–water partition coefficient (Wildman–Crippen LogP) is 3.10. The molecule has 3 rings (SSSR count). The lowest BCUT2D eigenvalue weighted by Crippen LogP contribution is -2.20. The van der Waals surface area contributed by atoms with Crippen LogP contribution < -0.4 is 10.2 Å². The maximum absolute atomic E-state index is 11.8. The van der Waals surface area contributed by atoms with E-state index < -0.39 is 0 Å². The van der Waals surface area contributed by atoms with Crippen LogP contribution in [0.1, 0.15) is 23.4 Å². The highest BCUT2D eigenvalue weighted by molar-refractivity contribution is 5.89. The molecule has 0 atom stereocenters. The minimum absolute atomic E-state index is 0.195. The summed E-state index contributed by atoms with van der Waals surface area (Å²) in [6, 6.07) is 11.6. The van der Waals surface area contributed by atoms with Crippen molar-refractivity contribution in [3.8, 4) is 5.75 Å². The average Bonchev–Trinajstić information content (AvgIpc) is 3.01. The molecule has 25 heavy (non-hydrogen) atoms. The van der Waals surface area contributed by atoms with Crippen molar-refractivity contribution in [2.75, 3.05) is 6.61 Å². The highest BCUT2D eigenvalue weighted by atomic mass is 16.5. The Balaban J connectivity index is 1.45. The first-order chi connectivity index (χ1) is 12.1. The van der Waals surface area contributed by atoms with E-state index in [1.807, 2.05) is 56.4 Å². The molecule has 1 aromatic carbocycles. The van der Waals surface area contributed by atoms with Crippen LogP contribution in [0.5, 0.6) is 5.75 Å². The lowest BCUT2D eigenvalue weighted by atomic mass is 10.2. The van der Waals surface area contributed by atoms with Gasteiger partial charge in [-0.3, -0.25) is 9.78 Å². The van der Waals surface area contributed by atoms with E-state index in [0.29, 0.717) is 6.61 Å². The second kappa shape index (κ2) is 7.61. The molecular weight excluding hydrogens is 316 g/mol. The summed E-state index contributed by atoms with van der Waals surface area (Å²) >= 11 is 0. The molecule has 1 amide bonds. The minimum Gasteiger partial charge on any atom is -0.493 e. The fraction of sp³-hybridized carbons (Fsp3) is 0.211. The maximum Gasteiger partial charge on any atom is 0.243 e. The Morgan fingerprint density at radius 2 is 2.04 bits per heavy atom. The van der Waals surface area contributed by atoms with Crippen molar-refractivity contribution < 1.29 is 9.53 Å². The summed E-state index contributed by atoms with van der Waals surface area (Å²) in [5, 5.41) is 5.12. The number of ether oxygens (including phenoxy) is 1. The number of rotatable bonds is 6. The summed E-state index contributed by atoms with van der Waals surface area (Å²) in [7, 11) is 0. The van der Waals surface area contributed by atoms with E-state index in [9.17, 15) is 4.79 Å². The van der Waals surface area contributed by atoms with Gasteiger partial charge in [-0.1, -0.05) is 12.1 Å². The molecule has 6 nitrogen and oxygen atoms in total. The molecule has 0 fully saturated rings.